The van der Waals surface area contributed by atoms with Crippen LogP contribution in [-0.4, -0.2) is 27.9 Å². The van der Waals surface area contributed by atoms with Crippen LogP contribution in [0.25, 0.3) is 6.08 Å². The lowest BCUT2D eigenvalue weighted by Gasteiger charge is -2.06. The van der Waals surface area contributed by atoms with Crippen molar-refractivity contribution in [3.63, 3.8) is 0 Å². The molecule has 7 heteroatoms. The summed E-state index contributed by atoms with van der Waals surface area (Å²) in [5, 5.41) is 11.2. The molecule has 0 aliphatic carbocycles. The molecule has 1 aromatic rings. The summed E-state index contributed by atoms with van der Waals surface area (Å²) >= 11 is 6.17. The number of para-hydroxylation sites is 1. The second kappa shape index (κ2) is 7.24. The smallest absolute Gasteiger partial charge is 0.341 e. The number of hydrogen-bond acceptors (Lipinski definition) is 5. The van der Waals surface area contributed by atoms with E-state index >= 15 is 0 Å². The second-order valence-electron chi connectivity index (χ2n) is 4.41. The van der Waals surface area contributed by atoms with E-state index in [9.17, 15) is 9.59 Å². The average Bonchev–Trinajstić information content (AvgIpc) is 2.82. The summed E-state index contributed by atoms with van der Waals surface area (Å²) in [4.78, 5) is 22.8. The van der Waals surface area contributed by atoms with Crippen LogP contribution >= 0.6 is 24.0 Å². The normalized spacial score (nSPS) is 16.8. The number of amides is 1. The monoisotopic (exact) mass is 335 g/mol. The first-order chi connectivity index (χ1) is 10.5. The Labute approximate surface area is 137 Å². The van der Waals surface area contributed by atoms with Gasteiger partial charge in [-0.3, -0.25) is 4.79 Å². The number of thioether (sulfide) groups is 1. The maximum atomic E-state index is 11.7. The highest BCUT2D eigenvalue weighted by molar-refractivity contribution is 8.26. The van der Waals surface area contributed by atoms with Gasteiger partial charge in [-0.2, -0.15) is 0 Å². The van der Waals surface area contributed by atoms with Crippen LogP contribution in [0.4, 0.5) is 0 Å². The van der Waals surface area contributed by atoms with Crippen LogP contribution in [0.1, 0.15) is 12.5 Å². The standard InChI is InChI=1S/C15H13NO4S2/c1-9(13-14(19)16-15(21)22-13)6-7-10-4-2-3-5-11(10)20-8-12(17)18/h2-7H,8H2,1H3,(H,17,18)(H,16,19,21). The molecule has 2 N–H and O–H groups in total. The number of hydrogen-bond donors (Lipinski definition) is 2. The van der Waals surface area contributed by atoms with Gasteiger partial charge >= 0.3 is 5.97 Å². The van der Waals surface area contributed by atoms with Crippen LogP contribution in [0.3, 0.4) is 0 Å². The van der Waals surface area contributed by atoms with Gasteiger partial charge < -0.3 is 15.2 Å². The van der Waals surface area contributed by atoms with E-state index in [4.69, 9.17) is 22.1 Å². The van der Waals surface area contributed by atoms with Gasteiger partial charge in [0.25, 0.3) is 5.91 Å². The van der Waals surface area contributed by atoms with Crippen LogP contribution in [0.15, 0.2) is 40.8 Å². The minimum absolute atomic E-state index is 0.201. The number of ether oxygens (including phenoxy) is 1. The summed E-state index contributed by atoms with van der Waals surface area (Å²) in [6.45, 7) is 1.41. The third-order valence-corrected chi connectivity index (χ3v) is 4.11. The zero-order chi connectivity index (χ0) is 16.1. The maximum Gasteiger partial charge on any atom is 0.341 e. The van der Waals surface area contributed by atoms with Crippen molar-refractivity contribution in [2.45, 2.75) is 6.92 Å². The molecule has 0 atom stereocenters. The Balaban J connectivity index is 2.20. The van der Waals surface area contributed by atoms with Crippen LogP contribution in [-0.2, 0) is 9.59 Å². The molecule has 1 aromatic carbocycles. The minimum Gasteiger partial charge on any atom is -0.481 e. The van der Waals surface area contributed by atoms with Crippen molar-refractivity contribution >= 4 is 46.3 Å². The predicted molar refractivity (Wildman–Crippen MR) is 89.6 cm³/mol. The Morgan fingerprint density at radius 2 is 2.18 bits per heavy atom. The number of nitrogens with one attached hydrogen (secondary N) is 1. The number of carbonyl (C=O) groups excluding carboxylic acids is 1. The molecule has 0 spiro atoms. The van der Waals surface area contributed by atoms with E-state index in [2.05, 4.69) is 5.32 Å². The van der Waals surface area contributed by atoms with Crippen LogP contribution < -0.4 is 10.1 Å². The molecule has 2 rings (SSSR count). The highest BCUT2D eigenvalue weighted by Crippen LogP contribution is 2.28. The fourth-order valence-corrected chi connectivity index (χ4v) is 2.80. The number of carboxylic acid groups (broad SMARTS) is 1. The minimum atomic E-state index is -1.04. The Hall–Kier alpha value is -2.12. The SMILES string of the molecule is CC(C=Cc1ccccc1OCC(=O)O)=C1SC(=S)NC1=O. The third kappa shape index (κ3) is 4.19. The maximum absolute atomic E-state index is 11.7. The highest BCUT2D eigenvalue weighted by Gasteiger charge is 2.23. The van der Waals surface area contributed by atoms with Gasteiger partial charge in [0, 0.05) is 5.56 Å². The van der Waals surface area contributed by atoms with E-state index < -0.39 is 12.6 Å². The molecule has 22 heavy (non-hydrogen) atoms. The van der Waals surface area contributed by atoms with Crippen molar-refractivity contribution in [2.24, 2.45) is 0 Å². The Morgan fingerprint density at radius 3 is 2.82 bits per heavy atom. The van der Waals surface area contributed by atoms with E-state index in [1.165, 1.54) is 11.8 Å². The lowest BCUT2D eigenvalue weighted by Crippen LogP contribution is -2.18. The topological polar surface area (TPSA) is 75.6 Å². The molecule has 1 saturated heterocycles. The number of rotatable bonds is 5. The van der Waals surface area contributed by atoms with Gasteiger partial charge in [-0.25, -0.2) is 4.79 Å². The van der Waals surface area contributed by atoms with Crippen LogP contribution in [0.5, 0.6) is 5.75 Å². The van der Waals surface area contributed by atoms with Crippen molar-refractivity contribution in [2.75, 3.05) is 6.61 Å². The molecule has 0 aromatic heterocycles. The summed E-state index contributed by atoms with van der Waals surface area (Å²) in [5.41, 5.74) is 1.50. The molecule has 114 valence electrons. The van der Waals surface area contributed by atoms with Gasteiger partial charge in [-0.15, -0.1) is 0 Å². The third-order valence-electron chi connectivity index (χ3n) is 2.76. The second-order valence-corrected chi connectivity index (χ2v) is 6.10. The predicted octanol–water partition coefficient (Wildman–Crippen LogP) is 2.59. The fourth-order valence-electron chi connectivity index (χ4n) is 1.75. The van der Waals surface area contributed by atoms with Gasteiger partial charge in [0.2, 0.25) is 0 Å². The van der Waals surface area contributed by atoms with Crippen molar-refractivity contribution < 1.29 is 19.4 Å². The van der Waals surface area contributed by atoms with Gasteiger partial charge in [-0.1, -0.05) is 54.3 Å². The van der Waals surface area contributed by atoms with Gasteiger partial charge in [-0.05, 0) is 18.6 Å². The summed E-state index contributed by atoms with van der Waals surface area (Å²) in [5.74, 6) is -0.768. The highest BCUT2D eigenvalue weighted by atomic mass is 32.2. The average molecular weight is 335 g/mol. The van der Waals surface area contributed by atoms with E-state index in [1.807, 2.05) is 13.0 Å². The van der Waals surface area contributed by atoms with Crippen LogP contribution in [0, 0.1) is 0 Å². The number of thiocarbonyl (C=S) groups is 1. The number of aliphatic carboxylic acids is 1. The molecule has 0 bridgehead atoms. The summed E-state index contributed by atoms with van der Waals surface area (Å²) in [7, 11) is 0. The Kier molecular flexibility index (Phi) is 5.35. The molecule has 1 heterocycles. The summed E-state index contributed by atoms with van der Waals surface area (Å²) in [6, 6.07) is 7.08. The Bertz CT molecular complexity index is 695. The van der Waals surface area contributed by atoms with Crippen molar-refractivity contribution in [1.29, 1.82) is 0 Å². The van der Waals surface area contributed by atoms with Gasteiger partial charge in [0.05, 0.1) is 4.91 Å². The van der Waals surface area contributed by atoms with Crippen molar-refractivity contribution in [1.82, 2.24) is 5.32 Å². The number of carbonyl (C=O) groups is 2. The molecular weight excluding hydrogens is 322 g/mol. The molecule has 0 unspecified atom stereocenters. The van der Waals surface area contributed by atoms with Crippen molar-refractivity contribution in [3.8, 4) is 5.75 Å². The molecule has 1 amide bonds. The quantitative estimate of drug-likeness (QED) is 0.636. The largest absolute Gasteiger partial charge is 0.481 e. The molecular formula is C15H13NO4S2. The summed E-state index contributed by atoms with van der Waals surface area (Å²) in [6.07, 6.45) is 3.55. The number of carboxylic acids is 1. The number of allylic oxidation sites excluding steroid dienone is 2. The fraction of sp³-hybridized carbons (Fsp3) is 0.133. The van der Waals surface area contributed by atoms with Gasteiger partial charge in [0.15, 0.2) is 6.61 Å². The molecule has 1 aliphatic rings. The Morgan fingerprint density at radius 1 is 1.45 bits per heavy atom. The molecule has 1 aliphatic heterocycles. The first-order valence-corrected chi connectivity index (χ1v) is 7.55. The van der Waals surface area contributed by atoms with E-state index in [0.29, 0.717) is 15.0 Å². The van der Waals surface area contributed by atoms with Crippen LogP contribution in [0.2, 0.25) is 0 Å². The van der Waals surface area contributed by atoms with E-state index in [0.717, 1.165) is 11.1 Å². The van der Waals surface area contributed by atoms with Crippen molar-refractivity contribution in [3.05, 3.63) is 46.4 Å². The lowest BCUT2D eigenvalue weighted by atomic mass is 10.1. The number of benzene rings is 1. The van der Waals surface area contributed by atoms with E-state index in [-0.39, 0.29) is 5.91 Å². The first-order valence-electron chi connectivity index (χ1n) is 6.33. The zero-order valence-electron chi connectivity index (χ0n) is 11.7. The lowest BCUT2D eigenvalue weighted by molar-refractivity contribution is -0.139. The molecule has 5 nitrogen and oxygen atoms in total. The molecule has 0 radical (unpaired) electrons. The zero-order valence-corrected chi connectivity index (χ0v) is 13.3. The van der Waals surface area contributed by atoms with E-state index in [1.54, 1.807) is 30.4 Å². The van der Waals surface area contributed by atoms with Gasteiger partial charge in [0.1, 0.15) is 10.1 Å². The molecule has 1 fully saturated rings. The summed E-state index contributed by atoms with van der Waals surface area (Å²) < 4.78 is 5.66. The first kappa shape index (κ1) is 16.3. The molecule has 0 saturated carbocycles.